The van der Waals surface area contributed by atoms with E-state index in [1.54, 1.807) is 18.2 Å². The first-order valence-corrected chi connectivity index (χ1v) is 8.24. The quantitative estimate of drug-likeness (QED) is 0.358. The molecule has 9 nitrogen and oxygen atoms in total. The molecule has 152 valence electrons. The Morgan fingerprint density at radius 1 is 1.14 bits per heavy atom. The van der Waals surface area contributed by atoms with Crippen LogP contribution >= 0.6 is 0 Å². The van der Waals surface area contributed by atoms with Crippen LogP contribution in [0, 0.1) is 0 Å². The van der Waals surface area contributed by atoms with Gasteiger partial charge in [-0.2, -0.15) is 0 Å². The first-order valence-electron chi connectivity index (χ1n) is 8.24. The van der Waals surface area contributed by atoms with E-state index in [0.29, 0.717) is 0 Å². The minimum atomic E-state index is -2.69. The molecule has 0 unspecified atom stereocenters. The number of alkyl halides is 1. The van der Waals surface area contributed by atoms with Crippen molar-refractivity contribution in [2.24, 2.45) is 0 Å². The lowest BCUT2D eigenvalue weighted by atomic mass is 9.98. The third kappa shape index (κ3) is 5.03. The predicted octanol–water partition coefficient (Wildman–Crippen LogP) is 0.944. The van der Waals surface area contributed by atoms with Gasteiger partial charge in [0.15, 0.2) is 6.10 Å². The van der Waals surface area contributed by atoms with Crippen LogP contribution in [0.5, 0.6) is 0 Å². The molecule has 1 aromatic rings. The van der Waals surface area contributed by atoms with Crippen LogP contribution in [0.4, 0.5) is 4.39 Å². The molecule has 1 heterocycles. The van der Waals surface area contributed by atoms with Crippen LogP contribution in [0.3, 0.4) is 0 Å². The Hall–Kier alpha value is -3.01. The third-order valence-corrected chi connectivity index (χ3v) is 3.86. The van der Waals surface area contributed by atoms with Crippen molar-refractivity contribution in [3.63, 3.8) is 0 Å². The highest BCUT2D eigenvalue weighted by molar-refractivity contribution is 5.89. The summed E-state index contributed by atoms with van der Waals surface area (Å²) in [5.74, 6) is -2.39. The van der Waals surface area contributed by atoms with Crippen LogP contribution in [0.25, 0.3) is 0 Å². The molecule has 0 bridgehead atoms. The standard InChI is InChI=1S/C18H19FO9/c1-11(21)25-9-18(19)15(26-10-20)14(28-17(18)27-12(2)22)8-24-16(23)13-6-4-3-5-7-13/h3-7,10,14-15,17H,8-9H2,1-2H3/t14-,15-,17+,18+/m1/s1. The second kappa shape index (κ2) is 9.27. The van der Waals surface area contributed by atoms with Crippen molar-refractivity contribution in [3.05, 3.63) is 35.9 Å². The monoisotopic (exact) mass is 398 g/mol. The highest BCUT2D eigenvalue weighted by Crippen LogP contribution is 2.38. The highest BCUT2D eigenvalue weighted by Gasteiger charge is 2.62. The summed E-state index contributed by atoms with van der Waals surface area (Å²) in [5, 5.41) is 0. The number of hydrogen-bond donors (Lipinski definition) is 0. The van der Waals surface area contributed by atoms with Gasteiger partial charge >= 0.3 is 17.9 Å². The second-order valence-electron chi connectivity index (χ2n) is 5.94. The Balaban J connectivity index is 2.17. The average molecular weight is 398 g/mol. The zero-order chi connectivity index (χ0) is 20.7. The summed E-state index contributed by atoms with van der Waals surface area (Å²) in [6.45, 7) is 0.638. The van der Waals surface area contributed by atoms with E-state index in [4.69, 9.17) is 18.9 Å². The van der Waals surface area contributed by atoms with E-state index < -0.39 is 55.3 Å². The Morgan fingerprint density at radius 3 is 2.39 bits per heavy atom. The van der Waals surface area contributed by atoms with E-state index >= 15 is 4.39 Å². The zero-order valence-electron chi connectivity index (χ0n) is 15.2. The van der Waals surface area contributed by atoms with Crippen LogP contribution in [-0.4, -0.2) is 61.8 Å². The fraction of sp³-hybridized carbons (Fsp3) is 0.444. The van der Waals surface area contributed by atoms with Crippen molar-refractivity contribution in [2.75, 3.05) is 13.2 Å². The lowest BCUT2D eigenvalue weighted by Crippen LogP contribution is -2.51. The summed E-state index contributed by atoms with van der Waals surface area (Å²) < 4.78 is 40.2. The number of carbonyl (C=O) groups excluding carboxylic acids is 4. The normalized spacial score (nSPS) is 26.2. The minimum absolute atomic E-state index is 0.0295. The largest absolute Gasteiger partial charge is 0.462 e. The average Bonchev–Trinajstić information content (AvgIpc) is 2.91. The van der Waals surface area contributed by atoms with E-state index in [2.05, 4.69) is 4.74 Å². The molecule has 1 aliphatic rings. The maximum atomic E-state index is 15.5. The van der Waals surface area contributed by atoms with E-state index in [1.807, 2.05) is 0 Å². The van der Waals surface area contributed by atoms with Gasteiger partial charge in [-0.15, -0.1) is 0 Å². The van der Waals surface area contributed by atoms with E-state index in [0.717, 1.165) is 13.8 Å². The summed E-state index contributed by atoms with van der Waals surface area (Å²) >= 11 is 0. The Kier molecular flexibility index (Phi) is 7.05. The van der Waals surface area contributed by atoms with Crippen molar-refractivity contribution in [1.29, 1.82) is 0 Å². The van der Waals surface area contributed by atoms with Crippen LogP contribution in [0.1, 0.15) is 24.2 Å². The van der Waals surface area contributed by atoms with Gasteiger partial charge in [0.2, 0.25) is 12.0 Å². The van der Waals surface area contributed by atoms with Gasteiger partial charge in [-0.1, -0.05) is 18.2 Å². The number of carbonyl (C=O) groups is 4. The topological polar surface area (TPSA) is 114 Å². The van der Waals surface area contributed by atoms with Crippen LogP contribution in [-0.2, 0) is 38.1 Å². The molecular formula is C18H19FO9. The fourth-order valence-electron chi connectivity index (χ4n) is 2.63. The summed E-state index contributed by atoms with van der Waals surface area (Å²) in [5.41, 5.74) is -2.45. The molecule has 1 saturated heterocycles. The summed E-state index contributed by atoms with van der Waals surface area (Å²) in [7, 11) is 0. The van der Waals surface area contributed by atoms with Gasteiger partial charge in [0, 0.05) is 13.8 Å². The van der Waals surface area contributed by atoms with E-state index in [-0.39, 0.29) is 12.0 Å². The SMILES string of the molecule is CC(=O)OC[C@@]1(F)[C@@H](OC(C)=O)O[C@H](COC(=O)c2ccccc2)[C@H]1OC=O. The fourth-order valence-corrected chi connectivity index (χ4v) is 2.63. The molecule has 2 rings (SSSR count). The molecule has 1 fully saturated rings. The molecule has 4 atom stereocenters. The number of hydrogen-bond acceptors (Lipinski definition) is 9. The zero-order valence-corrected chi connectivity index (χ0v) is 15.2. The molecule has 0 aromatic heterocycles. The molecule has 0 spiro atoms. The maximum absolute atomic E-state index is 15.5. The Morgan fingerprint density at radius 2 is 1.82 bits per heavy atom. The summed E-state index contributed by atoms with van der Waals surface area (Å²) in [6.07, 6.45) is -4.80. The van der Waals surface area contributed by atoms with Gasteiger partial charge in [-0.05, 0) is 12.1 Å². The number of benzene rings is 1. The van der Waals surface area contributed by atoms with Gasteiger partial charge in [0.05, 0.1) is 5.56 Å². The summed E-state index contributed by atoms with van der Waals surface area (Å²) in [4.78, 5) is 45.3. The van der Waals surface area contributed by atoms with Gasteiger partial charge in [-0.3, -0.25) is 14.4 Å². The lowest BCUT2D eigenvalue weighted by Gasteiger charge is -2.28. The van der Waals surface area contributed by atoms with Crippen molar-refractivity contribution in [2.45, 2.75) is 38.0 Å². The Bertz CT molecular complexity index is 723. The molecule has 10 heteroatoms. The molecule has 0 radical (unpaired) electrons. The smallest absolute Gasteiger partial charge is 0.338 e. The first-order chi connectivity index (χ1) is 13.3. The molecule has 1 aliphatic heterocycles. The van der Waals surface area contributed by atoms with Gasteiger partial charge in [0.25, 0.3) is 6.47 Å². The summed E-state index contributed by atoms with van der Waals surface area (Å²) in [6, 6.07) is 7.99. The molecular weight excluding hydrogens is 379 g/mol. The molecule has 0 aliphatic carbocycles. The van der Waals surface area contributed by atoms with Crippen molar-refractivity contribution in [1.82, 2.24) is 0 Å². The molecule has 0 amide bonds. The van der Waals surface area contributed by atoms with E-state index in [1.165, 1.54) is 12.1 Å². The first kappa shape index (κ1) is 21.3. The number of ether oxygens (including phenoxy) is 5. The lowest BCUT2D eigenvalue weighted by molar-refractivity contribution is -0.203. The Labute approximate surface area is 159 Å². The van der Waals surface area contributed by atoms with Gasteiger partial charge in [-0.25, -0.2) is 9.18 Å². The predicted molar refractivity (Wildman–Crippen MR) is 88.6 cm³/mol. The van der Waals surface area contributed by atoms with Gasteiger partial charge in [0.1, 0.15) is 19.3 Å². The molecule has 0 saturated carbocycles. The van der Waals surface area contributed by atoms with Crippen molar-refractivity contribution in [3.8, 4) is 0 Å². The van der Waals surface area contributed by atoms with E-state index in [9.17, 15) is 19.2 Å². The van der Waals surface area contributed by atoms with Gasteiger partial charge < -0.3 is 23.7 Å². The minimum Gasteiger partial charge on any atom is -0.462 e. The maximum Gasteiger partial charge on any atom is 0.338 e. The molecule has 28 heavy (non-hydrogen) atoms. The second-order valence-corrected chi connectivity index (χ2v) is 5.94. The third-order valence-electron chi connectivity index (χ3n) is 3.86. The van der Waals surface area contributed by atoms with Crippen molar-refractivity contribution >= 4 is 24.4 Å². The highest BCUT2D eigenvalue weighted by atomic mass is 19.1. The number of halogens is 1. The molecule has 0 N–H and O–H groups in total. The van der Waals surface area contributed by atoms with Crippen LogP contribution in [0.15, 0.2) is 30.3 Å². The molecule has 1 aromatic carbocycles. The van der Waals surface area contributed by atoms with Crippen LogP contribution in [0.2, 0.25) is 0 Å². The number of rotatable bonds is 8. The number of esters is 3. The van der Waals surface area contributed by atoms with Crippen LogP contribution < -0.4 is 0 Å². The van der Waals surface area contributed by atoms with Crippen molar-refractivity contribution < 1.29 is 47.3 Å².